The molecule has 0 saturated heterocycles. The van der Waals surface area contributed by atoms with Gasteiger partial charge in [0.25, 0.3) is 11.8 Å². The van der Waals surface area contributed by atoms with E-state index in [9.17, 15) is 13.6 Å². The quantitative estimate of drug-likeness (QED) is 0.799. The molecule has 1 aromatic rings. The van der Waals surface area contributed by atoms with Crippen molar-refractivity contribution in [1.82, 2.24) is 9.88 Å². The van der Waals surface area contributed by atoms with E-state index in [1.807, 2.05) is 13.8 Å². The van der Waals surface area contributed by atoms with E-state index >= 15 is 0 Å². The van der Waals surface area contributed by atoms with E-state index in [1.54, 1.807) is 4.90 Å². The zero-order valence-electron chi connectivity index (χ0n) is 11.6. The molecule has 1 aromatic heterocycles. The maximum absolute atomic E-state index is 12.9. The largest absolute Gasteiger partial charge is 0.390 e. The topological polar surface area (TPSA) is 65.5 Å². The Hall–Kier alpha value is -1.76. The molecule has 0 radical (unpaired) electrons. The highest BCUT2D eigenvalue weighted by molar-refractivity contribution is 5.93. The van der Waals surface area contributed by atoms with Gasteiger partial charge in [-0.2, -0.15) is 0 Å². The summed E-state index contributed by atoms with van der Waals surface area (Å²) in [6.07, 6.45) is 1.39. The molecule has 2 N–H and O–H groups in total. The van der Waals surface area contributed by atoms with Crippen LogP contribution in [0.2, 0.25) is 0 Å². The summed E-state index contributed by atoms with van der Waals surface area (Å²) in [5.41, 5.74) is 0.564. The molecule has 0 saturated carbocycles. The number of alkyl halides is 2. The van der Waals surface area contributed by atoms with Gasteiger partial charge < -0.3 is 15.3 Å². The van der Waals surface area contributed by atoms with Crippen LogP contribution in [0.25, 0.3) is 0 Å². The van der Waals surface area contributed by atoms with E-state index in [-0.39, 0.29) is 11.6 Å². The van der Waals surface area contributed by atoms with Crippen LogP contribution in [0.4, 0.5) is 14.5 Å². The SMILES string of the molecule is CCN(CC)C(=O)c1cc(NCC(F)(F)CO)ccn1. The minimum absolute atomic E-state index is 0.200. The second kappa shape index (κ2) is 7.14. The summed E-state index contributed by atoms with van der Waals surface area (Å²) in [5.74, 6) is -3.45. The van der Waals surface area contributed by atoms with Crippen LogP contribution < -0.4 is 5.32 Å². The summed E-state index contributed by atoms with van der Waals surface area (Å²) in [7, 11) is 0. The zero-order chi connectivity index (χ0) is 15.2. The number of carbonyl (C=O) groups excluding carboxylic acids is 1. The van der Waals surface area contributed by atoms with Crippen molar-refractivity contribution in [2.75, 3.05) is 31.6 Å². The van der Waals surface area contributed by atoms with Gasteiger partial charge >= 0.3 is 0 Å². The third-order valence-electron chi connectivity index (χ3n) is 2.81. The fourth-order valence-corrected chi connectivity index (χ4v) is 1.62. The number of nitrogens with zero attached hydrogens (tertiary/aromatic N) is 2. The highest BCUT2D eigenvalue weighted by atomic mass is 19.3. The van der Waals surface area contributed by atoms with Crippen molar-refractivity contribution >= 4 is 11.6 Å². The molecule has 0 aliphatic rings. The number of aromatic nitrogens is 1. The minimum atomic E-state index is -3.20. The molecule has 5 nitrogen and oxygen atoms in total. The van der Waals surface area contributed by atoms with Crippen molar-refractivity contribution in [3.63, 3.8) is 0 Å². The first-order valence-corrected chi connectivity index (χ1v) is 6.41. The standard InChI is InChI=1S/C13H19F2N3O2/c1-3-18(4-2)12(20)11-7-10(5-6-16-11)17-8-13(14,15)9-19/h5-7,19H,3-4,8-9H2,1-2H3,(H,16,17). The molecule has 1 amide bonds. The molecule has 1 rings (SSSR count). The molecule has 0 aliphatic carbocycles. The van der Waals surface area contributed by atoms with Crippen LogP contribution in [0.3, 0.4) is 0 Å². The molecule has 20 heavy (non-hydrogen) atoms. The van der Waals surface area contributed by atoms with Gasteiger partial charge in [0.15, 0.2) is 0 Å². The molecule has 0 spiro atoms. The molecule has 0 atom stereocenters. The number of hydrogen-bond acceptors (Lipinski definition) is 4. The van der Waals surface area contributed by atoms with Crippen LogP contribution in [0.15, 0.2) is 18.3 Å². The van der Waals surface area contributed by atoms with Gasteiger partial charge in [-0.1, -0.05) is 0 Å². The second-order valence-electron chi connectivity index (χ2n) is 4.27. The third kappa shape index (κ3) is 4.41. The summed E-state index contributed by atoms with van der Waals surface area (Å²) in [6, 6.07) is 2.92. The number of halogens is 2. The lowest BCUT2D eigenvalue weighted by atomic mass is 10.2. The van der Waals surface area contributed by atoms with Gasteiger partial charge in [-0.25, -0.2) is 8.78 Å². The van der Waals surface area contributed by atoms with Gasteiger partial charge in [0.1, 0.15) is 12.3 Å². The second-order valence-corrected chi connectivity index (χ2v) is 4.27. The van der Waals surface area contributed by atoms with Gasteiger partial charge in [0, 0.05) is 25.0 Å². The molecule has 7 heteroatoms. The van der Waals surface area contributed by atoms with Crippen molar-refractivity contribution in [3.05, 3.63) is 24.0 Å². The average Bonchev–Trinajstić information content (AvgIpc) is 2.47. The van der Waals surface area contributed by atoms with Crippen LogP contribution in [-0.4, -0.2) is 53.1 Å². The smallest absolute Gasteiger partial charge is 0.287 e. The Balaban J connectivity index is 2.78. The Kier molecular flexibility index (Phi) is 5.82. The summed E-state index contributed by atoms with van der Waals surface area (Å²) >= 11 is 0. The molecule has 112 valence electrons. The van der Waals surface area contributed by atoms with Crippen molar-refractivity contribution < 1.29 is 18.7 Å². The van der Waals surface area contributed by atoms with E-state index in [4.69, 9.17) is 5.11 Å². The van der Waals surface area contributed by atoms with Crippen LogP contribution in [0, 0.1) is 0 Å². The highest BCUT2D eigenvalue weighted by Gasteiger charge is 2.27. The molecule has 0 aliphatic heterocycles. The maximum atomic E-state index is 12.9. The summed E-state index contributed by atoms with van der Waals surface area (Å²) in [4.78, 5) is 17.6. The Morgan fingerprint density at radius 2 is 2.10 bits per heavy atom. The van der Waals surface area contributed by atoms with E-state index < -0.39 is 19.1 Å². The van der Waals surface area contributed by atoms with Crippen LogP contribution in [0.5, 0.6) is 0 Å². The number of aliphatic hydroxyl groups is 1. The first-order chi connectivity index (χ1) is 9.43. The first-order valence-electron chi connectivity index (χ1n) is 6.41. The van der Waals surface area contributed by atoms with Crippen LogP contribution in [0.1, 0.15) is 24.3 Å². The summed E-state index contributed by atoms with van der Waals surface area (Å²) in [6.45, 7) is 2.88. The number of carbonyl (C=O) groups is 1. The maximum Gasteiger partial charge on any atom is 0.287 e. The Morgan fingerprint density at radius 3 is 2.65 bits per heavy atom. The third-order valence-corrected chi connectivity index (χ3v) is 2.81. The highest BCUT2D eigenvalue weighted by Crippen LogP contribution is 2.15. The lowest BCUT2D eigenvalue weighted by molar-refractivity contribution is -0.0372. The number of pyridine rings is 1. The number of hydrogen-bond donors (Lipinski definition) is 2. The molecule has 0 unspecified atom stereocenters. The predicted octanol–water partition coefficient (Wildman–Crippen LogP) is 1.60. The minimum Gasteiger partial charge on any atom is -0.390 e. The van der Waals surface area contributed by atoms with Crippen LogP contribution in [-0.2, 0) is 0 Å². The monoisotopic (exact) mass is 287 g/mol. The number of aliphatic hydroxyl groups excluding tert-OH is 1. The fraction of sp³-hybridized carbons (Fsp3) is 0.538. The van der Waals surface area contributed by atoms with Gasteiger partial charge in [0.2, 0.25) is 0 Å². The summed E-state index contributed by atoms with van der Waals surface area (Å²) < 4.78 is 25.9. The first kappa shape index (κ1) is 16.3. The van der Waals surface area contributed by atoms with E-state index in [1.165, 1.54) is 18.3 Å². The molecule has 0 bridgehead atoms. The molecule has 1 heterocycles. The fourth-order valence-electron chi connectivity index (χ4n) is 1.62. The molecular weight excluding hydrogens is 268 g/mol. The number of nitrogens with one attached hydrogen (secondary N) is 1. The van der Waals surface area contributed by atoms with Crippen molar-refractivity contribution in [1.29, 1.82) is 0 Å². The summed E-state index contributed by atoms with van der Waals surface area (Å²) in [5, 5.41) is 11.0. The van der Waals surface area contributed by atoms with E-state index in [2.05, 4.69) is 10.3 Å². The van der Waals surface area contributed by atoms with E-state index in [0.717, 1.165) is 0 Å². The van der Waals surface area contributed by atoms with Gasteiger partial charge in [-0.15, -0.1) is 0 Å². The van der Waals surface area contributed by atoms with Gasteiger partial charge in [-0.05, 0) is 26.0 Å². The lowest BCUT2D eigenvalue weighted by Crippen LogP contribution is -2.32. The van der Waals surface area contributed by atoms with Gasteiger partial charge in [-0.3, -0.25) is 9.78 Å². The number of anilines is 1. The Labute approximate surface area is 116 Å². The molecular formula is C13H19F2N3O2. The molecule has 0 aromatic carbocycles. The molecule has 0 fully saturated rings. The Bertz CT molecular complexity index is 451. The predicted molar refractivity (Wildman–Crippen MR) is 72.0 cm³/mol. The van der Waals surface area contributed by atoms with Crippen molar-refractivity contribution in [3.8, 4) is 0 Å². The van der Waals surface area contributed by atoms with E-state index in [0.29, 0.717) is 18.8 Å². The normalized spacial score (nSPS) is 11.2. The number of amides is 1. The van der Waals surface area contributed by atoms with Gasteiger partial charge in [0.05, 0.1) is 6.54 Å². The zero-order valence-corrected chi connectivity index (χ0v) is 11.6. The number of rotatable bonds is 7. The Morgan fingerprint density at radius 1 is 1.45 bits per heavy atom. The van der Waals surface area contributed by atoms with Crippen molar-refractivity contribution in [2.45, 2.75) is 19.8 Å². The lowest BCUT2D eigenvalue weighted by Gasteiger charge is -2.19. The van der Waals surface area contributed by atoms with Crippen LogP contribution >= 0.6 is 0 Å². The van der Waals surface area contributed by atoms with Crippen molar-refractivity contribution in [2.24, 2.45) is 0 Å². The average molecular weight is 287 g/mol.